The van der Waals surface area contributed by atoms with Crippen LogP contribution in [0.1, 0.15) is 5.69 Å². The first-order valence-corrected chi connectivity index (χ1v) is 5.66. The van der Waals surface area contributed by atoms with Crippen molar-refractivity contribution in [3.63, 3.8) is 0 Å². The number of halogens is 2. The Morgan fingerprint density at radius 3 is 2.71 bits per heavy atom. The SMILES string of the molecule is Clc1ccc(N/N=C/c2ccccn2)cc1Cl. The third-order valence-electron chi connectivity index (χ3n) is 2.00. The molecule has 1 N–H and O–H groups in total. The van der Waals surface area contributed by atoms with Crippen LogP contribution in [0.2, 0.25) is 10.0 Å². The van der Waals surface area contributed by atoms with Gasteiger partial charge in [-0.15, -0.1) is 0 Å². The molecule has 0 amide bonds. The number of hydrazone groups is 1. The van der Waals surface area contributed by atoms with Crippen LogP contribution < -0.4 is 5.43 Å². The maximum absolute atomic E-state index is 5.87. The fourth-order valence-electron chi connectivity index (χ4n) is 1.19. The van der Waals surface area contributed by atoms with Gasteiger partial charge in [0.05, 0.1) is 27.6 Å². The summed E-state index contributed by atoms with van der Waals surface area (Å²) in [4.78, 5) is 4.11. The summed E-state index contributed by atoms with van der Waals surface area (Å²) in [5.41, 5.74) is 4.40. The van der Waals surface area contributed by atoms with Crippen molar-refractivity contribution in [3.8, 4) is 0 Å². The highest BCUT2D eigenvalue weighted by Crippen LogP contribution is 2.24. The number of nitrogens with zero attached hydrogens (tertiary/aromatic N) is 2. The van der Waals surface area contributed by atoms with E-state index in [1.807, 2.05) is 18.2 Å². The molecule has 0 atom stereocenters. The molecule has 5 heteroatoms. The second-order valence-electron chi connectivity index (χ2n) is 3.25. The number of pyridine rings is 1. The minimum atomic E-state index is 0.490. The van der Waals surface area contributed by atoms with Gasteiger partial charge in [-0.3, -0.25) is 10.4 Å². The Morgan fingerprint density at radius 1 is 1.12 bits per heavy atom. The predicted molar refractivity (Wildman–Crippen MR) is 71.9 cm³/mol. The zero-order valence-electron chi connectivity index (χ0n) is 8.77. The van der Waals surface area contributed by atoms with Crippen LogP contribution in [0.15, 0.2) is 47.7 Å². The Kier molecular flexibility index (Phi) is 3.96. The average molecular weight is 266 g/mol. The van der Waals surface area contributed by atoms with Gasteiger partial charge in [-0.2, -0.15) is 5.10 Å². The van der Waals surface area contributed by atoms with Crippen LogP contribution in [-0.4, -0.2) is 11.2 Å². The van der Waals surface area contributed by atoms with Crippen molar-refractivity contribution in [1.29, 1.82) is 0 Å². The molecular weight excluding hydrogens is 257 g/mol. The summed E-state index contributed by atoms with van der Waals surface area (Å²) >= 11 is 11.7. The monoisotopic (exact) mass is 265 g/mol. The van der Waals surface area contributed by atoms with Gasteiger partial charge in [-0.1, -0.05) is 29.3 Å². The predicted octanol–water partition coefficient (Wildman–Crippen LogP) is 3.83. The molecule has 0 saturated carbocycles. The molecular formula is C12H9Cl2N3. The molecule has 0 saturated heterocycles. The van der Waals surface area contributed by atoms with Gasteiger partial charge >= 0.3 is 0 Å². The maximum atomic E-state index is 5.87. The van der Waals surface area contributed by atoms with Crippen LogP contribution in [0.25, 0.3) is 0 Å². The lowest BCUT2D eigenvalue weighted by atomic mass is 10.3. The molecule has 2 rings (SSSR count). The van der Waals surface area contributed by atoms with E-state index < -0.39 is 0 Å². The lowest BCUT2D eigenvalue weighted by Crippen LogP contribution is -1.92. The molecule has 0 unspecified atom stereocenters. The van der Waals surface area contributed by atoms with Gasteiger partial charge in [0.25, 0.3) is 0 Å². The summed E-state index contributed by atoms with van der Waals surface area (Å²) < 4.78 is 0. The fraction of sp³-hybridized carbons (Fsp3) is 0. The van der Waals surface area contributed by atoms with Crippen LogP contribution >= 0.6 is 23.2 Å². The number of benzene rings is 1. The van der Waals surface area contributed by atoms with E-state index >= 15 is 0 Å². The first-order chi connectivity index (χ1) is 8.25. The van der Waals surface area contributed by atoms with E-state index in [0.717, 1.165) is 11.4 Å². The molecule has 0 aliphatic rings. The fourth-order valence-corrected chi connectivity index (χ4v) is 1.49. The molecule has 0 bridgehead atoms. The van der Waals surface area contributed by atoms with E-state index in [1.165, 1.54) is 0 Å². The third kappa shape index (κ3) is 3.44. The molecule has 17 heavy (non-hydrogen) atoms. The topological polar surface area (TPSA) is 37.3 Å². The van der Waals surface area contributed by atoms with E-state index in [2.05, 4.69) is 15.5 Å². The molecule has 0 aliphatic heterocycles. The number of hydrogen-bond acceptors (Lipinski definition) is 3. The summed E-state index contributed by atoms with van der Waals surface area (Å²) in [6.07, 6.45) is 3.34. The zero-order chi connectivity index (χ0) is 12.1. The first kappa shape index (κ1) is 11.9. The summed E-state index contributed by atoms with van der Waals surface area (Å²) in [5, 5.41) is 5.05. The van der Waals surface area contributed by atoms with E-state index in [1.54, 1.807) is 30.6 Å². The van der Waals surface area contributed by atoms with Crippen LogP contribution in [0.3, 0.4) is 0 Å². The maximum Gasteiger partial charge on any atom is 0.0830 e. The van der Waals surface area contributed by atoms with Crippen molar-refractivity contribution in [2.45, 2.75) is 0 Å². The lowest BCUT2D eigenvalue weighted by molar-refractivity contribution is 1.28. The molecule has 0 fully saturated rings. The van der Waals surface area contributed by atoms with Gasteiger partial charge < -0.3 is 0 Å². The van der Waals surface area contributed by atoms with Crippen LogP contribution in [0.5, 0.6) is 0 Å². The second kappa shape index (κ2) is 5.66. The van der Waals surface area contributed by atoms with Gasteiger partial charge in [-0.05, 0) is 30.3 Å². The van der Waals surface area contributed by atoms with Crippen molar-refractivity contribution in [3.05, 3.63) is 58.3 Å². The van der Waals surface area contributed by atoms with Crippen LogP contribution in [0, 0.1) is 0 Å². The zero-order valence-corrected chi connectivity index (χ0v) is 10.3. The molecule has 1 heterocycles. The average Bonchev–Trinajstić information content (AvgIpc) is 2.35. The number of anilines is 1. The van der Waals surface area contributed by atoms with E-state index in [9.17, 15) is 0 Å². The number of aromatic nitrogens is 1. The molecule has 1 aromatic heterocycles. The molecule has 0 spiro atoms. The molecule has 3 nitrogen and oxygen atoms in total. The first-order valence-electron chi connectivity index (χ1n) is 4.91. The summed E-state index contributed by atoms with van der Waals surface area (Å²) in [7, 11) is 0. The van der Waals surface area contributed by atoms with Gasteiger partial charge in [0.15, 0.2) is 0 Å². The van der Waals surface area contributed by atoms with Gasteiger partial charge in [0.2, 0.25) is 0 Å². The lowest BCUT2D eigenvalue weighted by Gasteiger charge is -2.01. The van der Waals surface area contributed by atoms with Crippen molar-refractivity contribution in [2.24, 2.45) is 5.10 Å². The summed E-state index contributed by atoms with van der Waals surface area (Å²) in [5.74, 6) is 0. The van der Waals surface area contributed by atoms with E-state index in [-0.39, 0.29) is 0 Å². The molecule has 0 radical (unpaired) electrons. The minimum Gasteiger partial charge on any atom is -0.278 e. The summed E-state index contributed by atoms with van der Waals surface area (Å²) in [6.45, 7) is 0. The van der Waals surface area contributed by atoms with Gasteiger partial charge in [-0.25, -0.2) is 0 Å². The Morgan fingerprint density at radius 2 is 2.00 bits per heavy atom. The largest absolute Gasteiger partial charge is 0.278 e. The molecule has 86 valence electrons. The standard InChI is InChI=1S/C12H9Cl2N3/c13-11-5-4-9(7-12(11)14)17-16-8-10-3-1-2-6-15-10/h1-8,17H/b16-8+. The van der Waals surface area contributed by atoms with Crippen molar-refractivity contribution in [1.82, 2.24) is 4.98 Å². The number of nitrogens with one attached hydrogen (secondary N) is 1. The second-order valence-corrected chi connectivity index (χ2v) is 4.07. The third-order valence-corrected chi connectivity index (χ3v) is 2.74. The molecule has 2 aromatic rings. The quantitative estimate of drug-likeness (QED) is 0.677. The Hall–Kier alpha value is -1.58. The van der Waals surface area contributed by atoms with Crippen LogP contribution in [0.4, 0.5) is 5.69 Å². The van der Waals surface area contributed by atoms with E-state index in [4.69, 9.17) is 23.2 Å². The van der Waals surface area contributed by atoms with Gasteiger partial charge in [0.1, 0.15) is 0 Å². The highest BCUT2D eigenvalue weighted by molar-refractivity contribution is 6.42. The number of rotatable bonds is 3. The highest BCUT2D eigenvalue weighted by atomic mass is 35.5. The van der Waals surface area contributed by atoms with E-state index in [0.29, 0.717) is 10.0 Å². The van der Waals surface area contributed by atoms with Crippen molar-refractivity contribution >= 4 is 35.1 Å². The normalized spacial score (nSPS) is 10.7. The van der Waals surface area contributed by atoms with Gasteiger partial charge in [0, 0.05) is 6.20 Å². The van der Waals surface area contributed by atoms with Crippen molar-refractivity contribution in [2.75, 3.05) is 5.43 Å². The van der Waals surface area contributed by atoms with Crippen LogP contribution in [-0.2, 0) is 0 Å². The molecule has 1 aromatic carbocycles. The Labute approximate surface area is 109 Å². The Balaban J connectivity index is 2.03. The summed E-state index contributed by atoms with van der Waals surface area (Å²) in [6, 6.07) is 10.8. The van der Waals surface area contributed by atoms with Crippen molar-refractivity contribution < 1.29 is 0 Å². The highest BCUT2D eigenvalue weighted by Gasteiger charge is 1.97. The smallest absolute Gasteiger partial charge is 0.0830 e. The Bertz CT molecular complexity index is 527. The molecule has 0 aliphatic carbocycles. The minimum absolute atomic E-state index is 0.490. The number of hydrogen-bond donors (Lipinski definition) is 1.